The van der Waals surface area contributed by atoms with Crippen LogP contribution in [0.15, 0.2) is 36.4 Å². The van der Waals surface area contributed by atoms with E-state index in [1.807, 2.05) is 0 Å². The second kappa shape index (κ2) is 5.77. The third-order valence-corrected chi connectivity index (χ3v) is 3.28. The van der Waals surface area contributed by atoms with Crippen LogP contribution >= 0.6 is 0 Å². The van der Waals surface area contributed by atoms with Crippen molar-refractivity contribution < 1.29 is 17.9 Å². The number of para-hydroxylation sites is 1. The Balaban J connectivity index is 1.80. The van der Waals surface area contributed by atoms with Crippen LogP contribution < -0.4 is 10.1 Å². The van der Waals surface area contributed by atoms with E-state index in [1.54, 1.807) is 0 Å². The average Bonchev–Trinajstić information content (AvgIpc) is 3.26. The van der Waals surface area contributed by atoms with Crippen molar-refractivity contribution in [2.75, 3.05) is 0 Å². The Morgan fingerprint density at radius 1 is 1.00 bits per heavy atom. The summed E-state index contributed by atoms with van der Waals surface area (Å²) in [6.45, 7) is 0.401. The summed E-state index contributed by atoms with van der Waals surface area (Å²) in [5.74, 6) is -3.15. The second-order valence-electron chi connectivity index (χ2n) is 5.08. The van der Waals surface area contributed by atoms with Gasteiger partial charge in [0, 0.05) is 12.6 Å². The molecule has 0 atom stereocenters. The van der Waals surface area contributed by atoms with Gasteiger partial charge in [0.15, 0.2) is 29.0 Å². The van der Waals surface area contributed by atoms with Crippen molar-refractivity contribution in [1.82, 2.24) is 5.32 Å². The third-order valence-electron chi connectivity index (χ3n) is 3.28. The van der Waals surface area contributed by atoms with Crippen molar-refractivity contribution in [2.24, 2.45) is 0 Å². The molecule has 1 N–H and O–H groups in total. The van der Waals surface area contributed by atoms with Gasteiger partial charge in [0.1, 0.15) is 0 Å². The van der Waals surface area contributed by atoms with Crippen LogP contribution in [-0.4, -0.2) is 6.04 Å². The van der Waals surface area contributed by atoms with Crippen LogP contribution in [0.5, 0.6) is 11.5 Å². The minimum Gasteiger partial charge on any atom is -0.448 e. The first-order chi connectivity index (χ1) is 10.1. The van der Waals surface area contributed by atoms with E-state index in [1.165, 1.54) is 36.4 Å². The molecule has 1 aliphatic carbocycles. The van der Waals surface area contributed by atoms with Gasteiger partial charge in [-0.2, -0.15) is 0 Å². The Morgan fingerprint density at radius 3 is 2.29 bits per heavy atom. The van der Waals surface area contributed by atoms with Crippen LogP contribution in [0.25, 0.3) is 0 Å². The van der Waals surface area contributed by atoms with Crippen LogP contribution in [-0.2, 0) is 6.54 Å². The highest BCUT2D eigenvalue weighted by molar-refractivity contribution is 5.36. The van der Waals surface area contributed by atoms with E-state index in [-0.39, 0.29) is 5.75 Å². The monoisotopic (exact) mass is 293 g/mol. The standard InChI is InChI=1S/C16H14F3NO/c17-12-3-1-2-4-15(12)21-16-13(18)7-10(8-14(16)19)9-20-11-5-6-11/h1-4,7-8,11,20H,5-6,9H2. The fraction of sp³-hybridized carbons (Fsp3) is 0.250. The van der Waals surface area contributed by atoms with Crippen molar-refractivity contribution in [3.63, 3.8) is 0 Å². The summed E-state index contributed by atoms with van der Waals surface area (Å²) < 4.78 is 46.4. The minimum absolute atomic E-state index is 0.209. The molecule has 2 aromatic rings. The largest absolute Gasteiger partial charge is 0.448 e. The molecular weight excluding hydrogens is 279 g/mol. The number of benzene rings is 2. The van der Waals surface area contributed by atoms with E-state index in [0.717, 1.165) is 12.8 Å². The summed E-state index contributed by atoms with van der Waals surface area (Å²) >= 11 is 0. The predicted octanol–water partition coefficient (Wildman–Crippen LogP) is 4.15. The van der Waals surface area contributed by atoms with E-state index < -0.39 is 23.2 Å². The molecule has 0 radical (unpaired) electrons. The fourth-order valence-corrected chi connectivity index (χ4v) is 2.00. The molecule has 0 bridgehead atoms. The Morgan fingerprint density at radius 2 is 1.67 bits per heavy atom. The highest BCUT2D eigenvalue weighted by Gasteiger charge is 2.21. The van der Waals surface area contributed by atoms with Crippen LogP contribution in [0.2, 0.25) is 0 Å². The van der Waals surface area contributed by atoms with Crippen molar-refractivity contribution in [2.45, 2.75) is 25.4 Å². The van der Waals surface area contributed by atoms with Crippen LogP contribution in [0.1, 0.15) is 18.4 Å². The molecule has 2 aromatic carbocycles. The van der Waals surface area contributed by atoms with E-state index in [4.69, 9.17) is 4.74 Å². The van der Waals surface area contributed by atoms with Crippen LogP contribution in [0, 0.1) is 17.5 Å². The maximum Gasteiger partial charge on any atom is 0.198 e. The Labute approximate surface area is 120 Å². The molecule has 0 aliphatic heterocycles. The lowest BCUT2D eigenvalue weighted by Gasteiger charge is -2.11. The van der Waals surface area contributed by atoms with Crippen molar-refractivity contribution >= 4 is 0 Å². The van der Waals surface area contributed by atoms with Gasteiger partial charge in [0.25, 0.3) is 0 Å². The summed E-state index contributed by atoms with van der Waals surface area (Å²) in [7, 11) is 0. The van der Waals surface area contributed by atoms with Gasteiger partial charge >= 0.3 is 0 Å². The van der Waals surface area contributed by atoms with Gasteiger partial charge in [-0.3, -0.25) is 0 Å². The first-order valence-electron chi connectivity index (χ1n) is 6.77. The summed E-state index contributed by atoms with van der Waals surface area (Å²) in [6.07, 6.45) is 2.19. The van der Waals surface area contributed by atoms with Crippen molar-refractivity contribution in [3.05, 3.63) is 59.4 Å². The Bertz CT molecular complexity index is 633. The number of halogens is 3. The zero-order valence-corrected chi connectivity index (χ0v) is 11.2. The van der Waals surface area contributed by atoms with E-state index in [2.05, 4.69) is 5.32 Å². The maximum atomic E-state index is 14.0. The Hall–Kier alpha value is -2.01. The first-order valence-corrected chi connectivity index (χ1v) is 6.77. The Kier molecular flexibility index (Phi) is 3.84. The predicted molar refractivity (Wildman–Crippen MR) is 72.7 cm³/mol. The molecule has 1 saturated carbocycles. The summed E-state index contributed by atoms with van der Waals surface area (Å²) in [6, 6.07) is 8.34. The van der Waals surface area contributed by atoms with Gasteiger partial charge in [-0.15, -0.1) is 0 Å². The van der Waals surface area contributed by atoms with Gasteiger partial charge in [-0.05, 0) is 42.7 Å². The third kappa shape index (κ3) is 3.36. The number of ether oxygens (including phenoxy) is 1. The van der Waals surface area contributed by atoms with Crippen molar-refractivity contribution in [3.8, 4) is 11.5 Å². The molecule has 0 aromatic heterocycles. The van der Waals surface area contributed by atoms with Gasteiger partial charge in [-0.25, -0.2) is 13.2 Å². The van der Waals surface area contributed by atoms with Gasteiger partial charge in [0.2, 0.25) is 0 Å². The maximum absolute atomic E-state index is 14.0. The number of hydrogen-bond acceptors (Lipinski definition) is 2. The lowest BCUT2D eigenvalue weighted by Crippen LogP contribution is -2.15. The number of nitrogens with one attached hydrogen (secondary N) is 1. The molecular formula is C16H14F3NO. The number of hydrogen-bond donors (Lipinski definition) is 1. The summed E-state index contributed by atoms with van der Waals surface area (Å²) in [4.78, 5) is 0. The van der Waals surface area contributed by atoms with Crippen molar-refractivity contribution in [1.29, 1.82) is 0 Å². The molecule has 0 heterocycles. The normalized spacial score (nSPS) is 14.2. The molecule has 0 saturated heterocycles. The molecule has 0 spiro atoms. The SMILES string of the molecule is Fc1ccccc1Oc1c(F)cc(CNC2CC2)cc1F. The lowest BCUT2D eigenvalue weighted by atomic mass is 10.2. The molecule has 1 aliphatic rings. The van der Waals surface area contributed by atoms with E-state index in [0.29, 0.717) is 18.2 Å². The summed E-state index contributed by atoms with van der Waals surface area (Å²) in [5.41, 5.74) is 0.498. The van der Waals surface area contributed by atoms with E-state index in [9.17, 15) is 13.2 Å². The first kappa shape index (κ1) is 13.9. The minimum atomic E-state index is -0.842. The molecule has 1 fully saturated rings. The second-order valence-corrected chi connectivity index (χ2v) is 5.08. The van der Waals surface area contributed by atoms with Gasteiger partial charge in [0.05, 0.1) is 0 Å². The fourth-order valence-electron chi connectivity index (χ4n) is 2.00. The smallest absolute Gasteiger partial charge is 0.198 e. The van der Waals surface area contributed by atoms with Crippen LogP contribution in [0.4, 0.5) is 13.2 Å². The highest BCUT2D eigenvalue weighted by Crippen LogP contribution is 2.30. The van der Waals surface area contributed by atoms with Gasteiger partial charge < -0.3 is 10.1 Å². The lowest BCUT2D eigenvalue weighted by molar-refractivity contribution is 0.386. The topological polar surface area (TPSA) is 21.3 Å². The zero-order chi connectivity index (χ0) is 14.8. The molecule has 5 heteroatoms. The highest BCUT2D eigenvalue weighted by atomic mass is 19.1. The number of rotatable bonds is 5. The quantitative estimate of drug-likeness (QED) is 0.894. The molecule has 110 valence electrons. The summed E-state index contributed by atoms with van der Waals surface area (Å²) in [5, 5.41) is 3.17. The molecule has 21 heavy (non-hydrogen) atoms. The molecule has 0 amide bonds. The van der Waals surface area contributed by atoms with Crippen LogP contribution in [0.3, 0.4) is 0 Å². The zero-order valence-electron chi connectivity index (χ0n) is 11.2. The average molecular weight is 293 g/mol. The van der Waals surface area contributed by atoms with Gasteiger partial charge in [-0.1, -0.05) is 12.1 Å². The van der Waals surface area contributed by atoms with E-state index >= 15 is 0 Å². The molecule has 3 rings (SSSR count). The molecule has 2 nitrogen and oxygen atoms in total. The molecule has 0 unspecified atom stereocenters.